The van der Waals surface area contributed by atoms with Crippen molar-refractivity contribution in [2.45, 2.75) is 45.7 Å². The maximum absolute atomic E-state index is 15.1. The smallest absolute Gasteiger partial charge is 0.326 e. The number of aliphatic imine (C=N–C) groups is 1. The summed E-state index contributed by atoms with van der Waals surface area (Å²) in [5.74, 6) is 0.992. The van der Waals surface area contributed by atoms with Crippen LogP contribution in [0.25, 0.3) is 0 Å². The van der Waals surface area contributed by atoms with Crippen molar-refractivity contribution in [3.63, 3.8) is 0 Å². The van der Waals surface area contributed by atoms with Gasteiger partial charge in [0.15, 0.2) is 0 Å². The van der Waals surface area contributed by atoms with Crippen molar-refractivity contribution in [3.05, 3.63) is 99.0 Å². The Labute approximate surface area is 330 Å². The van der Waals surface area contributed by atoms with Gasteiger partial charge in [0.05, 0.1) is 49.5 Å². The third-order valence-electron chi connectivity index (χ3n) is 9.70. The van der Waals surface area contributed by atoms with Crippen LogP contribution in [0.4, 0.5) is 4.79 Å². The van der Waals surface area contributed by atoms with Gasteiger partial charge in [-0.15, -0.1) is 0 Å². The van der Waals surface area contributed by atoms with Gasteiger partial charge in [-0.3, -0.25) is 19.6 Å². The molecule has 0 bridgehead atoms. The van der Waals surface area contributed by atoms with Gasteiger partial charge in [-0.1, -0.05) is 61.0 Å². The number of amidine groups is 1. The van der Waals surface area contributed by atoms with Crippen LogP contribution in [0.1, 0.15) is 62.5 Å². The topological polar surface area (TPSA) is 111 Å². The van der Waals surface area contributed by atoms with Crippen LogP contribution in [0.3, 0.4) is 0 Å². The van der Waals surface area contributed by atoms with Gasteiger partial charge in [-0.25, -0.2) is 4.79 Å². The number of nitrogens with zero attached hydrogens (tertiary/aromatic N) is 6. The molecule has 0 radical (unpaired) electrons. The van der Waals surface area contributed by atoms with Gasteiger partial charge in [-0.2, -0.15) is 5.26 Å². The Morgan fingerprint density at radius 3 is 2.02 bits per heavy atom. The summed E-state index contributed by atoms with van der Waals surface area (Å²) in [5.41, 5.74) is 2.31. The molecule has 0 aliphatic carbocycles. The van der Waals surface area contributed by atoms with Crippen molar-refractivity contribution in [2.75, 3.05) is 79.9 Å². The SMILES string of the molecule is C.CCOc1ccc(C(C)(C)C#N)cc1C1=N[C@@H](c2ccc(Cl)cc2)[C@@H](c2ccc(Cl)cc2)N1C(=O)N1CCN(CC(=O)N(CCOC)CCOC)CC1. The highest BCUT2D eigenvalue weighted by Gasteiger charge is 2.45. The third kappa shape index (κ3) is 9.92. The first-order valence-electron chi connectivity index (χ1n) is 17.8. The summed E-state index contributed by atoms with van der Waals surface area (Å²) in [6, 6.07) is 21.8. The number of hydrogen-bond acceptors (Lipinski definition) is 8. The molecule has 3 amide bonds. The molecule has 0 aromatic heterocycles. The van der Waals surface area contributed by atoms with E-state index in [9.17, 15) is 10.1 Å². The van der Waals surface area contributed by atoms with Crippen molar-refractivity contribution >= 4 is 41.0 Å². The third-order valence-corrected chi connectivity index (χ3v) is 10.2. The number of ether oxygens (including phenoxy) is 3. The van der Waals surface area contributed by atoms with Crippen LogP contribution in [-0.2, 0) is 19.7 Å². The predicted molar refractivity (Wildman–Crippen MR) is 213 cm³/mol. The first-order chi connectivity index (χ1) is 25.5. The van der Waals surface area contributed by atoms with E-state index in [0.29, 0.717) is 86.3 Å². The number of urea groups is 1. The molecule has 11 nitrogen and oxygen atoms in total. The van der Waals surface area contributed by atoms with Crippen molar-refractivity contribution in [1.29, 1.82) is 5.26 Å². The van der Waals surface area contributed by atoms with Crippen molar-refractivity contribution in [1.82, 2.24) is 19.6 Å². The van der Waals surface area contributed by atoms with Crippen molar-refractivity contribution < 1.29 is 23.8 Å². The molecule has 1 saturated heterocycles. The largest absolute Gasteiger partial charge is 0.493 e. The van der Waals surface area contributed by atoms with Gasteiger partial charge in [-0.05, 0) is 73.9 Å². The first-order valence-corrected chi connectivity index (χ1v) is 18.6. The highest BCUT2D eigenvalue weighted by atomic mass is 35.5. The number of hydrogen-bond donors (Lipinski definition) is 0. The molecule has 0 N–H and O–H groups in total. The summed E-state index contributed by atoms with van der Waals surface area (Å²) < 4.78 is 16.6. The zero-order valence-corrected chi connectivity index (χ0v) is 32.6. The molecular weight excluding hydrogens is 727 g/mol. The fourth-order valence-electron chi connectivity index (χ4n) is 6.60. The molecule has 290 valence electrons. The van der Waals surface area contributed by atoms with E-state index in [1.807, 2.05) is 92.4 Å². The summed E-state index contributed by atoms with van der Waals surface area (Å²) in [7, 11) is 3.23. The zero-order chi connectivity index (χ0) is 38.1. The van der Waals surface area contributed by atoms with Crippen LogP contribution in [0.15, 0.2) is 71.7 Å². The Hall–Kier alpha value is -4.18. The summed E-state index contributed by atoms with van der Waals surface area (Å²) in [4.78, 5) is 41.1. The number of carbonyl (C=O) groups is 2. The first kappa shape index (κ1) is 42.6. The van der Waals surface area contributed by atoms with E-state index in [1.165, 1.54) is 0 Å². The number of benzene rings is 3. The van der Waals surface area contributed by atoms with E-state index in [4.69, 9.17) is 42.4 Å². The van der Waals surface area contributed by atoms with Gasteiger partial charge in [0.2, 0.25) is 5.91 Å². The number of piperazine rings is 1. The van der Waals surface area contributed by atoms with Crippen LogP contribution in [0.2, 0.25) is 10.0 Å². The minimum absolute atomic E-state index is 0. The number of nitriles is 1. The van der Waals surface area contributed by atoms with Crippen LogP contribution >= 0.6 is 23.2 Å². The van der Waals surface area contributed by atoms with E-state index in [1.54, 1.807) is 24.0 Å². The molecule has 0 unspecified atom stereocenters. The van der Waals surface area contributed by atoms with Gasteiger partial charge >= 0.3 is 6.03 Å². The average molecular weight is 780 g/mol. The maximum Gasteiger partial charge on any atom is 0.326 e. The molecule has 3 aromatic carbocycles. The van der Waals surface area contributed by atoms with Crippen LogP contribution in [0.5, 0.6) is 5.75 Å². The number of methoxy groups -OCH3 is 2. The number of amides is 3. The fourth-order valence-corrected chi connectivity index (χ4v) is 6.85. The normalized spacial score (nSPS) is 17.4. The van der Waals surface area contributed by atoms with Crippen LogP contribution in [0, 0.1) is 11.3 Å². The molecule has 3 aromatic rings. The number of carbonyl (C=O) groups excluding carboxylic acids is 2. The molecule has 13 heteroatoms. The quantitative estimate of drug-likeness (QED) is 0.170. The van der Waals surface area contributed by atoms with Gasteiger partial charge < -0.3 is 24.0 Å². The summed E-state index contributed by atoms with van der Waals surface area (Å²) in [6.07, 6.45) is 0. The average Bonchev–Trinajstić information content (AvgIpc) is 3.56. The Balaban J connectivity index is 0.00000650. The van der Waals surface area contributed by atoms with Gasteiger partial charge in [0, 0.05) is 63.5 Å². The van der Waals surface area contributed by atoms with E-state index < -0.39 is 17.5 Å². The highest BCUT2D eigenvalue weighted by molar-refractivity contribution is 6.30. The lowest BCUT2D eigenvalue weighted by Gasteiger charge is -2.39. The Morgan fingerprint density at radius 2 is 1.48 bits per heavy atom. The second kappa shape index (κ2) is 19.4. The summed E-state index contributed by atoms with van der Waals surface area (Å²) in [6.45, 7) is 9.92. The predicted octanol–water partition coefficient (Wildman–Crippen LogP) is 7.23. The van der Waals surface area contributed by atoms with E-state index in [2.05, 4.69) is 11.0 Å². The summed E-state index contributed by atoms with van der Waals surface area (Å²) in [5, 5.41) is 11.2. The lowest BCUT2D eigenvalue weighted by molar-refractivity contribution is -0.134. The lowest BCUT2D eigenvalue weighted by Crippen LogP contribution is -2.55. The molecule has 0 saturated carbocycles. The lowest BCUT2D eigenvalue weighted by atomic mass is 9.85. The second-order valence-electron chi connectivity index (χ2n) is 13.6. The molecule has 0 spiro atoms. The fraction of sp³-hybridized carbons (Fsp3) is 0.463. The molecule has 54 heavy (non-hydrogen) atoms. The molecule has 1 fully saturated rings. The van der Waals surface area contributed by atoms with Crippen molar-refractivity contribution in [3.8, 4) is 11.8 Å². The minimum atomic E-state index is -0.810. The van der Waals surface area contributed by atoms with E-state index >= 15 is 4.79 Å². The van der Waals surface area contributed by atoms with Gasteiger partial charge in [0.25, 0.3) is 0 Å². The molecular formula is C41H52Cl2N6O5. The molecule has 2 atom stereocenters. The number of rotatable bonds is 14. The second-order valence-corrected chi connectivity index (χ2v) is 14.5. The van der Waals surface area contributed by atoms with E-state index in [0.717, 1.165) is 16.7 Å². The Morgan fingerprint density at radius 1 is 0.907 bits per heavy atom. The molecule has 2 aliphatic rings. The maximum atomic E-state index is 15.1. The molecule has 2 heterocycles. The minimum Gasteiger partial charge on any atom is -0.493 e. The van der Waals surface area contributed by atoms with Crippen LogP contribution < -0.4 is 4.74 Å². The van der Waals surface area contributed by atoms with Gasteiger partial charge in [0.1, 0.15) is 17.6 Å². The van der Waals surface area contributed by atoms with E-state index in [-0.39, 0.29) is 25.9 Å². The standard InChI is InChI=1S/C40H48Cl2N6O5.CH4/c1-6-53-34-16-11-30(40(2,3)27-43)25-33(34)38-44-36(28-7-12-31(41)13-8-28)37(29-9-14-32(42)15-10-29)48(38)39(50)47-19-17-45(18-20-47)26-35(49)46(21-23-51-4)22-24-52-5;/h7-16,25,36-37H,6,17-24,26H2,1-5H3;1H4/t36-,37+;/m0./s1. The van der Waals surface area contributed by atoms with Crippen LogP contribution in [-0.4, -0.2) is 117 Å². The van der Waals surface area contributed by atoms with Crippen molar-refractivity contribution in [2.24, 2.45) is 4.99 Å². The monoisotopic (exact) mass is 778 g/mol. The Bertz CT molecular complexity index is 1780. The zero-order valence-electron chi connectivity index (χ0n) is 31.1. The highest BCUT2D eigenvalue weighted by Crippen LogP contribution is 2.46. The molecule has 5 rings (SSSR count). The Kier molecular flexibility index (Phi) is 15.3. The summed E-state index contributed by atoms with van der Waals surface area (Å²) >= 11 is 12.7. The molecule has 2 aliphatic heterocycles. The number of halogens is 2.